The summed E-state index contributed by atoms with van der Waals surface area (Å²) in [6.45, 7) is 3.21. The number of hydrogen-bond donors (Lipinski definition) is 1. The van der Waals surface area contributed by atoms with Gasteiger partial charge in [0, 0.05) is 23.8 Å². The molecule has 1 heterocycles. The molecule has 1 aromatic carbocycles. The predicted molar refractivity (Wildman–Crippen MR) is 82.2 cm³/mol. The highest BCUT2D eigenvalue weighted by Crippen LogP contribution is 2.28. The van der Waals surface area contributed by atoms with Gasteiger partial charge in [0.05, 0.1) is 0 Å². The minimum Gasteiger partial charge on any atom is -0.389 e. The van der Waals surface area contributed by atoms with Crippen LogP contribution in [0.5, 0.6) is 0 Å². The summed E-state index contributed by atoms with van der Waals surface area (Å²) < 4.78 is 14.0. The molecule has 104 valence electrons. The molecule has 1 aliphatic heterocycles. The van der Waals surface area contributed by atoms with E-state index in [0.29, 0.717) is 11.6 Å². The Kier molecular flexibility index (Phi) is 4.75. The second-order valence-corrected chi connectivity index (χ2v) is 5.60. The van der Waals surface area contributed by atoms with E-state index in [-0.39, 0.29) is 10.8 Å². The zero-order valence-electron chi connectivity index (χ0n) is 11.4. The lowest BCUT2D eigenvalue weighted by Gasteiger charge is -2.37. The molecule has 2 rings (SSSR count). The molecule has 0 aliphatic carbocycles. The van der Waals surface area contributed by atoms with Crippen molar-refractivity contribution in [2.75, 3.05) is 11.4 Å². The third kappa shape index (κ3) is 3.24. The molecule has 4 heteroatoms. The quantitative estimate of drug-likeness (QED) is 0.854. The Hall–Kier alpha value is -1.16. The minimum absolute atomic E-state index is 0.118. The maximum absolute atomic E-state index is 14.0. The maximum Gasteiger partial charge on any atom is 0.135 e. The van der Waals surface area contributed by atoms with E-state index < -0.39 is 0 Å². The molecule has 1 fully saturated rings. The van der Waals surface area contributed by atoms with Gasteiger partial charge in [0.15, 0.2) is 0 Å². The van der Waals surface area contributed by atoms with Crippen molar-refractivity contribution in [2.45, 2.75) is 45.1 Å². The molecule has 1 unspecified atom stereocenters. The second-order valence-electron chi connectivity index (χ2n) is 5.16. The normalized spacial score (nSPS) is 19.5. The SMILES string of the molecule is CCCC1CCCCN1c1ccc(C(N)=S)c(F)c1. The monoisotopic (exact) mass is 280 g/mol. The number of nitrogens with two attached hydrogens (primary N) is 1. The van der Waals surface area contributed by atoms with E-state index in [9.17, 15) is 4.39 Å². The molecule has 1 atom stereocenters. The van der Waals surface area contributed by atoms with E-state index >= 15 is 0 Å². The van der Waals surface area contributed by atoms with Crippen molar-refractivity contribution in [3.05, 3.63) is 29.6 Å². The molecule has 0 aromatic heterocycles. The van der Waals surface area contributed by atoms with Gasteiger partial charge in [-0.2, -0.15) is 0 Å². The topological polar surface area (TPSA) is 29.3 Å². The average molecular weight is 280 g/mol. The van der Waals surface area contributed by atoms with Crippen LogP contribution in [0.25, 0.3) is 0 Å². The predicted octanol–water partition coefficient (Wildman–Crippen LogP) is 3.62. The van der Waals surface area contributed by atoms with Gasteiger partial charge in [0.25, 0.3) is 0 Å². The van der Waals surface area contributed by atoms with Crippen molar-refractivity contribution in [1.29, 1.82) is 0 Å². The van der Waals surface area contributed by atoms with Gasteiger partial charge in [-0.3, -0.25) is 0 Å². The van der Waals surface area contributed by atoms with Gasteiger partial charge in [0.1, 0.15) is 10.8 Å². The highest BCUT2D eigenvalue weighted by molar-refractivity contribution is 7.80. The Balaban J connectivity index is 2.24. The third-order valence-electron chi connectivity index (χ3n) is 3.80. The summed E-state index contributed by atoms with van der Waals surface area (Å²) in [6.07, 6.45) is 5.98. The summed E-state index contributed by atoms with van der Waals surface area (Å²) in [7, 11) is 0. The van der Waals surface area contributed by atoms with Gasteiger partial charge < -0.3 is 10.6 Å². The summed E-state index contributed by atoms with van der Waals surface area (Å²) >= 11 is 4.84. The third-order valence-corrected chi connectivity index (χ3v) is 4.02. The van der Waals surface area contributed by atoms with E-state index in [4.69, 9.17) is 18.0 Å². The molecule has 0 radical (unpaired) electrons. The number of hydrogen-bond acceptors (Lipinski definition) is 2. The smallest absolute Gasteiger partial charge is 0.135 e. The first-order chi connectivity index (χ1) is 9.13. The number of thiocarbonyl (C=S) groups is 1. The van der Waals surface area contributed by atoms with Crippen LogP contribution in [0, 0.1) is 5.82 Å². The van der Waals surface area contributed by atoms with Gasteiger partial charge in [-0.25, -0.2) is 4.39 Å². The van der Waals surface area contributed by atoms with E-state index in [0.717, 1.165) is 18.7 Å². The number of halogens is 1. The Labute approximate surface area is 119 Å². The standard InChI is InChI=1S/C15H21FN2S/c1-2-5-11-6-3-4-9-18(11)12-7-8-13(15(17)19)14(16)10-12/h7-8,10-11H,2-6,9H2,1H3,(H2,17,19). The van der Waals surface area contributed by atoms with Crippen molar-refractivity contribution in [3.63, 3.8) is 0 Å². The molecular formula is C15H21FN2S. The van der Waals surface area contributed by atoms with Crippen LogP contribution in [0.15, 0.2) is 18.2 Å². The van der Waals surface area contributed by atoms with E-state index in [2.05, 4.69) is 11.8 Å². The summed E-state index contributed by atoms with van der Waals surface area (Å²) in [5.41, 5.74) is 6.79. The van der Waals surface area contributed by atoms with Crippen LogP contribution in [-0.4, -0.2) is 17.6 Å². The lowest BCUT2D eigenvalue weighted by atomic mass is 9.97. The van der Waals surface area contributed by atoms with Crippen molar-refractivity contribution in [3.8, 4) is 0 Å². The van der Waals surface area contributed by atoms with E-state index in [1.165, 1.54) is 25.7 Å². The fourth-order valence-corrected chi connectivity index (χ4v) is 3.02. The second kappa shape index (κ2) is 6.33. The fourth-order valence-electron chi connectivity index (χ4n) is 2.86. The first-order valence-electron chi connectivity index (χ1n) is 6.99. The number of anilines is 1. The highest BCUT2D eigenvalue weighted by Gasteiger charge is 2.22. The lowest BCUT2D eigenvalue weighted by molar-refractivity contribution is 0.434. The minimum atomic E-state index is -0.314. The Morgan fingerprint density at radius 1 is 1.47 bits per heavy atom. The molecule has 0 bridgehead atoms. The van der Waals surface area contributed by atoms with Gasteiger partial charge in [-0.05, 0) is 43.9 Å². The average Bonchev–Trinajstić information content (AvgIpc) is 2.39. The molecule has 1 saturated heterocycles. The van der Waals surface area contributed by atoms with Gasteiger partial charge in [0.2, 0.25) is 0 Å². The Bertz CT molecular complexity index is 459. The summed E-state index contributed by atoms with van der Waals surface area (Å²) in [5.74, 6) is -0.314. The van der Waals surface area contributed by atoms with Crippen LogP contribution in [0.3, 0.4) is 0 Å². The summed E-state index contributed by atoms with van der Waals surface area (Å²) in [4.78, 5) is 2.45. The molecule has 2 N–H and O–H groups in total. The van der Waals surface area contributed by atoms with E-state index in [1.54, 1.807) is 12.1 Å². The highest BCUT2D eigenvalue weighted by atomic mass is 32.1. The van der Waals surface area contributed by atoms with Crippen LogP contribution in [0.2, 0.25) is 0 Å². The van der Waals surface area contributed by atoms with Crippen LogP contribution >= 0.6 is 12.2 Å². The first kappa shape index (κ1) is 14.3. The van der Waals surface area contributed by atoms with E-state index in [1.807, 2.05) is 6.07 Å². The van der Waals surface area contributed by atoms with Crippen molar-refractivity contribution < 1.29 is 4.39 Å². The number of piperidine rings is 1. The van der Waals surface area contributed by atoms with Crippen LogP contribution in [0.4, 0.5) is 10.1 Å². The van der Waals surface area contributed by atoms with Gasteiger partial charge in [-0.15, -0.1) is 0 Å². The lowest BCUT2D eigenvalue weighted by Crippen LogP contribution is -2.39. The molecule has 1 aromatic rings. The molecule has 0 spiro atoms. The largest absolute Gasteiger partial charge is 0.389 e. The molecule has 0 amide bonds. The van der Waals surface area contributed by atoms with Crippen LogP contribution < -0.4 is 10.6 Å². The Morgan fingerprint density at radius 2 is 2.26 bits per heavy atom. The number of benzene rings is 1. The summed E-state index contributed by atoms with van der Waals surface area (Å²) in [5, 5.41) is 0. The number of nitrogens with zero attached hydrogens (tertiary/aromatic N) is 1. The molecule has 0 saturated carbocycles. The van der Waals surface area contributed by atoms with Crippen molar-refractivity contribution >= 4 is 22.9 Å². The van der Waals surface area contributed by atoms with Crippen LogP contribution in [-0.2, 0) is 0 Å². The van der Waals surface area contributed by atoms with Crippen LogP contribution in [0.1, 0.15) is 44.6 Å². The van der Waals surface area contributed by atoms with Crippen molar-refractivity contribution in [1.82, 2.24) is 0 Å². The first-order valence-corrected chi connectivity index (χ1v) is 7.40. The van der Waals surface area contributed by atoms with Gasteiger partial charge in [-0.1, -0.05) is 25.6 Å². The molecule has 19 heavy (non-hydrogen) atoms. The molecule has 2 nitrogen and oxygen atoms in total. The zero-order chi connectivity index (χ0) is 13.8. The molecule has 1 aliphatic rings. The molecular weight excluding hydrogens is 259 g/mol. The Morgan fingerprint density at radius 3 is 2.89 bits per heavy atom. The maximum atomic E-state index is 14.0. The number of rotatable bonds is 4. The van der Waals surface area contributed by atoms with Gasteiger partial charge >= 0.3 is 0 Å². The van der Waals surface area contributed by atoms with Crippen molar-refractivity contribution in [2.24, 2.45) is 5.73 Å². The fraction of sp³-hybridized carbons (Fsp3) is 0.533. The summed E-state index contributed by atoms with van der Waals surface area (Å²) in [6, 6.07) is 5.74. The zero-order valence-corrected chi connectivity index (χ0v) is 12.2.